The summed E-state index contributed by atoms with van der Waals surface area (Å²) in [5.41, 5.74) is 6.80. The number of nitrogens with one attached hydrogen (secondary N) is 1. The van der Waals surface area contributed by atoms with Crippen LogP contribution in [0.1, 0.15) is 38.8 Å². The lowest BCUT2D eigenvalue weighted by molar-refractivity contribution is -0.122. The Kier molecular flexibility index (Phi) is 5.63. The van der Waals surface area contributed by atoms with E-state index in [0.29, 0.717) is 17.4 Å². The van der Waals surface area contributed by atoms with Gasteiger partial charge in [0.15, 0.2) is 0 Å². The van der Waals surface area contributed by atoms with Crippen molar-refractivity contribution in [1.82, 2.24) is 5.32 Å². The first-order chi connectivity index (χ1) is 8.41. The van der Waals surface area contributed by atoms with Gasteiger partial charge in [-0.2, -0.15) is 0 Å². The predicted molar refractivity (Wildman–Crippen MR) is 75.4 cm³/mol. The Morgan fingerprint density at radius 3 is 2.50 bits per heavy atom. The van der Waals surface area contributed by atoms with Crippen LogP contribution in [0.3, 0.4) is 0 Å². The maximum atomic E-state index is 11.8. The lowest BCUT2D eigenvalue weighted by Crippen LogP contribution is -2.35. The predicted octanol–water partition coefficient (Wildman–Crippen LogP) is 2.89. The van der Waals surface area contributed by atoms with Gasteiger partial charge in [-0.3, -0.25) is 4.79 Å². The second-order valence-electron chi connectivity index (χ2n) is 4.92. The molecule has 0 aromatic heterocycles. The largest absolute Gasteiger partial charge is 0.349 e. The molecule has 0 aliphatic heterocycles. The molecular formula is C14H21ClN2O. The molecule has 18 heavy (non-hydrogen) atoms. The zero-order valence-electron chi connectivity index (χ0n) is 11.1. The van der Waals surface area contributed by atoms with Gasteiger partial charge in [0, 0.05) is 17.5 Å². The van der Waals surface area contributed by atoms with Gasteiger partial charge in [-0.1, -0.05) is 43.6 Å². The van der Waals surface area contributed by atoms with Crippen molar-refractivity contribution in [1.29, 1.82) is 0 Å². The fourth-order valence-corrected chi connectivity index (χ4v) is 1.95. The Morgan fingerprint density at radius 1 is 1.33 bits per heavy atom. The highest BCUT2D eigenvalue weighted by molar-refractivity contribution is 6.31. The molecule has 0 radical (unpaired) electrons. The summed E-state index contributed by atoms with van der Waals surface area (Å²) in [7, 11) is 0. The van der Waals surface area contributed by atoms with Crippen molar-refractivity contribution in [3.05, 3.63) is 34.9 Å². The monoisotopic (exact) mass is 268 g/mol. The summed E-state index contributed by atoms with van der Waals surface area (Å²) in [6.07, 6.45) is 0.340. The van der Waals surface area contributed by atoms with E-state index >= 15 is 0 Å². The molecule has 100 valence electrons. The highest BCUT2D eigenvalue weighted by atomic mass is 35.5. The number of nitrogens with two attached hydrogens (primary N) is 1. The van der Waals surface area contributed by atoms with E-state index in [9.17, 15) is 4.79 Å². The van der Waals surface area contributed by atoms with E-state index in [1.54, 1.807) is 0 Å². The fourth-order valence-electron chi connectivity index (χ4n) is 1.65. The molecule has 0 aliphatic carbocycles. The molecular weight excluding hydrogens is 248 g/mol. The molecule has 1 amide bonds. The van der Waals surface area contributed by atoms with Crippen LogP contribution in [0.15, 0.2) is 24.3 Å². The SMILES string of the molecule is CC(C)C(N)CC(=O)N[C@H](C)c1ccccc1Cl. The molecule has 0 spiro atoms. The highest BCUT2D eigenvalue weighted by Crippen LogP contribution is 2.22. The number of hydrogen-bond donors (Lipinski definition) is 2. The zero-order valence-corrected chi connectivity index (χ0v) is 11.9. The molecule has 0 bridgehead atoms. The topological polar surface area (TPSA) is 55.1 Å². The Morgan fingerprint density at radius 2 is 1.94 bits per heavy atom. The number of benzene rings is 1. The molecule has 1 aromatic rings. The molecule has 1 rings (SSSR count). The maximum Gasteiger partial charge on any atom is 0.222 e. The van der Waals surface area contributed by atoms with Crippen LogP contribution in [-0.4, -0.2) is 11.9 Å². The van der Waals surface area contributed by atoms with Crippen LogP contribution in [0.4, 0.5) is 0 Å². The van der Waals surface area contributed by atoms with Crippen molar-refractivity contribution in [3.63, 3.8) is 0 Å². The standard InChI is InChI=1S/C14H21ClN2O/c1-9(2)13(16)8-14(18)17-10(3)11-6-4-5-7-12(11)15/h4-7,9-10,13H,8,16H2,1-3H3,(H,17,18)/t10-,13?/m1/s1. The van der Waals surface area contributed by atoms with E-state index in [2.05, 4.69) is 5.32 Å². The van der Waals surface area contributed by atoms with Gasteiger partial charge in [-0.25, -0.2) is 0 Å². The van der Waals surface area contributed by atoms with E-state index in [1.165, 1.54) is 0 Å². The van der Waals surface area contributed by atoms with E-state index in [1.807, 2.05) is 45.0 Å². The van der Waals surface area contributed by atoms with E-state index in [4.69, 9.17) is 17.3 Å². The minimum atomic E-state index is -0.108. The normalized spacial score (nSPS) is 14.3. The van der Waals surface area contributed by atoms with Crippen LogP contribution in [0.5, 0.6) is 0 Å². The lowest BCUT2D eigenvalue weighted by Gasteiger charge is -2.19. The van der Waals surface area contributed by atoms with Crippen LogP contribution in [0, 0.1) is 5.92 Å². The number of carbonyl (C=O) groups excluding carboxylic acids is 1. The molecule has 3 nitrogen and oxygen atoms in total. The number of rotatable bonds is 5. The number of halogens is 1. The van der Waals surface area contributed by atoms with Crippen molar-refractivity contribution in [2.45, 2.75) is 39.3 Å². The summed E-state index contributed by atoms with van der Waals surface area (Å²) in [4.78, 5) is 11.8. The van der Waals surface area contributed by atoms with Crippen molar-refractivity contribution >= 4 is 17.5 Å². The van der Waals surface area contributed by atoms with Gasteiger partial charge in [0.2, 0.25) is 5.91 Å². The number of carbonyl (C=O) groups is 1. The molecule has 2 atom stereocenters. The molecule has 0 fully saturated rings. The summed E-state index contributed by atoms with van der Waals surface area (Å²) in [5.74, 6) is 0.259. The first-order valence-electron chi connectivity index (χ1n) is 6.21. The van der Waals surface area contributed by atoms with Crippen LogP contribution >= 0.6 is 11.6 Å². The summed E-state index contributed by atoms with van der Waals surface area (Å²) >= 11 is 6.08. The quantitative estimate of drug-likeness (QED) is 0.863. The van der Waals surface area contributed by atoms with Crippen molar-refractivity contribution in [2.75, 3.05) is 0 Å². The second-order valence-corrected chi connectivity index (χ2v) is 5.33. The number of amides is 1. The van der Waals surface area contributed by atoms with E-state index < -0.39 is 0 Å². The van der Waals surface area contributed by atoms with Crippen molar-refractivity contribution in [2.24, 2.45) is 11.7 Å². The third kappa shape index (κ3) is 4.31. The highest BCUT2D eigenvalue weighted by Gasteiger charge is 2.16. The first-order valence-corrected chi connectivity index (χ1v) is 6.59. The van der Waals surface area contributed by atoms with E-state index in [0.717, 1.165) is 5.56 Å². The van der Waals surface area contributed by atoms with Crippen molar-refractivity contribution in [3.8, 4) is 0 Å². The van der Waals surface area contributed by atoms with Crippen LogP contribution in [0.2, 0.25) is 5.02 Å². The first kappa shape index (κ1) is 15.0. The summed E-state index contributed by atoms with van der Waals surface area (Å²) in [5, 5.41) is 3.58. The molecule has 3 N–H and O–H groups in total. The Bertz CT molecular complexity index is 407. The fraction of sp³-hybridized carbons (Fsp3) is 0.500. The molecule has 1 aromatic carbocycles. The van der Waals surface area contributed by atoms with Gasteiger partial charge in [0.25, 0.3) is 0 Å². The van der Waals surface area contributed by atoms with Crippen LogP contribution in [-0.2, 0) is 4.79 Å². The average molecular weight is 269 g/mol. The molecule has 0 heterocycles. The van der Waals surface area contributed by atoms with Gasteiger partial charge >= 0.3 is 0 Å². The minimum Gasteiger partial charge on any atom is -0.349 e. The van der Waals surface area contributed by atoms with Gasteiger partial charge in [0.1, 0.15) is 0 Å². The van der Waals surface area contributed by atoms with Gasteiger partial charge in [-0.05, 0) is 24.5 Å². The van der Waals surface area contributed by atoms with Crippen LogP contribution < -0.4 is 11.1 Å². The summed E-state index contributed by atoms with van der Waals surface area (Å²) in [6.45, 7) is 5.94. The second kappa shape index (κ2) is 6.76. The summed E-state index contributed by atoms with van der Waals surface area (Å²) < 4.78 is 0. The van der Waals surface area contributed by atoms with Gasteiger partial charge in [-0.15, -0.1) is 0 Å². The molecule has 0 aliphatic rings. The Hall–Kier alpha value is -1.06. The lowest BCUT2D eigenvalue weighted by atomic mass is 10.0. The Labute approximate surface area is 114 Å². The van der Waals surface area contributed by atoms with Gasteiger partial charge in [0.05, 0.1) is 6.04 Å². The molecule has 0 saturated heterocycles. The van der Waals surface area contributed by atoms with Gasteiger partial charge < -0.3 is 11.1 Å². The van der Waals surface area contributed by atoms with Crippen LogP contribution in [0.25, 0.3) is 0 Å². The third-order valence-corrected chi connectivity index (χ3v) is 3.37. The minimum absolute atomic E-state index is 0.0383. The van der Waals surface area contributed by atoms with E-state index in [-0.39, 0.29) is 18.0 Å². The zero-order chi connectivity index (χ0) is 13.7. The smallest absolute Gasteiger partial charge is 0.222 e. The molecule has 1 unspecified atom stereocenters. The maximum absolute atomic E-state index is 11.8. The molecule has 0 saturated carbocycles. The van der Waals surface area contributed by atoms with Crippen molar-refractivity contribution < 1.29 is 4.79 Å². The molecule has 4 heteroatoms. The Balaban J connectivity index is 2.58. The summed E-state index contributed by atoms with van der Waals surface area (Å²) in [6, 6.07) is 7.29. The number of hydrogen-bond acceptors (Lipinski definition) is 2. The average Bonchev–Trinajstić information content (AvgIpc) is 2.28. The third-order valence-electron chi connectivity index (χ3n) is 3.03.